The second kappa shape index (κ2) is 11.6. The molecular weight excluding hydrogens is 488 g/mol. The Morgan fingerprint density at radius 3 is 2.33 bits per heavy atom. The summed E-state index contributed by atoms with van der Waals surface area (Å²) >= 11 is 0. The molecule has 0 aliphatic carbocycles. The minimum Gasteiger partial charge on any atom is -0.365 e. The van der Waals surface area contributed by atoms with E-state index in [9.17, 15) is 9.59 Å². The maximum Gasteiger partial charge on any atom is 0.251 e. The summed E-state index contributed by atoms with van der Waals surface area (Å²) in [5, 5.41) is 9.30. The van der Waals surface area contributed by atoms with Crippen molar-refractivity contribution in [1.82, 2.24) is 14.7 Å². The van der Waals surface area contributed by atoms with Gasteiger partial charge in [-0.05, 0) is 41.0 Å². The first-order chi connectivity index (χ1) is 19.0. The lowest BCUT2D eigenvalue weighted by Gasteiger charge is -2.10. The van der Waals surface area contributed by atoms with E-state index >= 15 is 0 Å². The predicted molar refractivity (Wildman–Crippen MR) is 154 cm³/mol. The highest BCUT2D eigenvalue weighted by atomic mass is 16.2. The number of fused-ring (bicyclic) bond motifs is 1. The number of hydrogen-bond acceptors (Lipinski definition) is 5. The van der Waals surface area contributed by atoms with Crippen molar-refractivity contribution in [2.75, 3.05) is 10.6 Å². The van der Waals surface area contributed by atoms with Gasteiger partial charge in [-0.1, -0.05) is 66.7 Å². The number of carbonyl (C=O) groups excluding carboxylic acids is 2. The predicted octanol–water partition coefficient (Wildman–Crippen LogP) is 4.96. The molecule has 0 aliphatic heterocycles. The van der Waals surface area contributed by atoms with Crippen LogP contribution < -0.4 is 21.7 Å². The van der Waals surface area contributed by atoms with Crippen molar-refractivity contribution < 1.29 is 9.59 Å². The average Bonchev–Trinajstić information content (AvgIpc) is 3.33. The molecule has 2 amide bonds. The van der Waals surface area contributed by atoms with Gasteiger partial charge in [-0.15, -0.1) is 0 Å². The van der Waals surface area contributed by atoms with Crippen molar-refractivity contribution in [3.8, 4) is 11.3 Å². The molecule has 3 aromatic carbocycles. The van der Waals surface area contributed by atoms with E-state index in [1.807, 2.05) is 77.3 Å². The molecule has 5 aromatic rings. The van der Waals surface area contributed by atoms with Crippen molar-refractivity contribution >= 4 is 29.0 Å². The minimum atomic E-state index is -0.182. The van der Waals surface area contributed by atoms with E-state index in [1.54, 1.807) is 12.1 Å². The smallest absolute Gasteiger partial charge is 0.251 e. The summed E-state index contributed by atoms with van der Waals surface area (Å²) < 4.78 is 1.95. The van der Waals surface area contributed by atoms with Crippen molar-refractivity contribution in [2.24, 2.45) is 5.73 Å². The lowest BCUT2D eigenvalue weighted by molar-refractivity contribution is -0.114. The Bertz CT molecular complexity index is 1610. The zero-order chi connectivity index (χ0) is 27.2. The molecule has 8 heteroatoms. The second-order valence-electron chi connectivity index (χ2n) is 9.26. The number of nitrogens with zero attached hydrogens (tertiary/aromatic N) is 2. The number of amides is 2. The van der Waals surface area contributed by atoms with Gasteiger partial charge in [0.25, 0.3) is 5.91 Å². The Balaban J connectivity index is 1.43. The molecule has 2 aromatic heterocycles. The number of pyridine rings is 1. The van der Waals surface area contributed by atoms with Gasteiger partial charge < -0.3 is 21.7 Å². The Hall–Kier alpha value is -4.95. The maximum atomic E-state index is 13.0. The largest absolute Gasteiger partial charge is 0.365 e. The van der Waals surface area contributed by atoms with Crippen LogP contribution in [0.2, 0.25) is 0 Å². The highest BCUT2D eigenvalue weighted by Gasteiger charge is 2.16. The Kier molecular flexibility index (Phi) is 7.65. The van der Waals surface area contributed by atoms with Crippen LogP contribution in [0.1, 0.15) is 34.0 Å². The van der Waals surface area contributed by atoms with Crippen LogP contribution in [0, 0.1) is 0 Å². The van der Waals surface area contributed by atoms with Gasteiger partial charge in [0.05, 0.1) is 0 Å². The molecule has 39 heavy (non-hydrogen) atoms. The molecule has 0 saturated heterocycles. The van der Waals surface area contributed by atoms with Crippen LogP contribution in [0.3, 0.4) is 0 Å². The number of carbonyl (C=O) groups is 2. The molecule has 5 N–H and O–H groups in total. The van der Waals surface area contributed by atoms with Gasteiger partial charge in [0.1, 0.15) is 17.2 Å². The number of aromatic nitrogens is 2. The van der Waals surface area contributed by atoms with Crippen molar-refractivity contribution in [3.05, 3.63) is 119 Å². The van der Waals surface area contributed by atoms with E-state index in [1.165, 1.54) is 6.92 Å². The first kappa shape index (κ1) is 25.7. The quantitative estimate of drug-likeness (QED) is 0.220. The zero-order valence-electron chi connectivity index (χ0n) is 21.6. The summed E-state index contributed by atoms with van der Waals surface area (Å²) in [6.45, 7) is 2.95. The normalized spacial score (nSPS) is 10.8. The number of imidazole rings is 1. The summed E-state index contributed by atoms with van der Waals surface area (Å²) in [5.74, 6) is 0.504. The van der Waals surface area contributed by atoms with E-state index in [4.69, 9.17) is 10.7 Å². The van der Waals surface area contributed by atoms with Gasteiger partial charge in [0, 0.05) is 49.6 Å². The van der Waals surface area contributed by atoms with Crippen molar-refractivity contribution in [3.63, 3.8) is 0 Å². The molecule has 0 radical (unpaired) electrons. The van der Waals surface area contributed by atoms with Gasteiger partial charge >= 0.3 is 0 Å². The number of rotatable bonds is 9. The van der Waals surface area contributed by atoms with Gasteiger partial charge in [-0.2, -0.15) is 0 Å². The first-order valence-corrected chi connectivity index (χ1v) is 12.7. The van der Waals surface area contributed by atoms with E-state index in [0.29, 0.717) is 36.5 Å². The molecule has 0 aliphatic rings. The van der Waals surface area contributed by atoms with Crippen molar-refractivity contribution in [1.29, 1.82) is 0 Å². The maximum absolute atomic E-state index is 13.0. The number of nitrogens with two attached hydrogens (primary N) is 1. The minimum absolute atomic E-state index is 0.126. The fourth-order valence-corrected chi connectivity index (χ4v) is 4.40. The zero-order valence-corrected chi connectivity index (χ0v) is 21.6. The molecule has 0 unspecified atom stereocenters. The monoisotopic (exact) mass is 518 g/mol. The fraction of sp³-hybridized carbons (Fsp3) is 0.129. The molecular formula is C31H30N6O2. The Morgan fingerprint density at radius 2 is 1.59 bits per heavy atom. The molecule has 0 fully saturated rings. The van der Waals surface area contributed by atoms with Crippen LogP contribution in [0.5, 0.6) is 0 Å². The van der Waals surface area contributed by atoms with Crippen LogP contribution in [-0.2, 0) is 24.4 Å². The highest BCUT2D eigenvalue weighted by Crippen LogP contribution is 2.30. The van der Waals surface area contributed by atoms with Gasteiger partial charge in [-0.3, -0.25) is 14.0 Å². The number of anilines is 2. The van der Waals surface area contributed by atoms with E-state index < -0.39 is 0 Å². The Morgan fingerprint density at radius 1 is 0.846 bits per heavy atom. The number of hydrogen-bond donors (Lipinski definition) is 4. The molecule has 0 spiro atoms. The molecule has 0 saturated carbocycles. The molecule has 5 rings (SSSR count). The van der Waals surface area contributed by atoms with Crippen LogP contribution >= 0.6 is 0 Å². The molecule has 0 bridgehead atoms. The van der Waals surface area contributed by atoms with Crippen LogP contribution in [0.25, 0.3) is 16.9 Å². The van der Waals surface area contributed by atoms with Crippen LogP contribution in [0.4, 0.5) is 11.5 Å². The van der Waals surface area contributed by atoms with Gasteiger partial charge in [-0.25, -0.2) is 4.98 Å². The van der Waals surface area contributed by atoms with Gasteiger partial charge in [0.2, 0.25) is 5.91 Å². The van der Waals surface area contributed by atoms with E-state index in [-0.39, 0.29) is 11.8 Å². The third-order valence-corrected chi connectivity index (χ3v) is 6.35. The summed E-state index contributed by atoms with van der Waals surface area (Å²) in [5.41, 5.74) is 12.4. The summed E-state index contributed by atoms with van der Waals surface area (Å²) in [6.07, 6.45) is 1.86. The lowest BCUT2D eigenvalue weighted by atomic mass is 10.1. The third-order valence-electron chi connectivity index (χ3n) is 6.35. The number of benzene rings is 3. The second-order valence-corrected chi connectivity index (χ2v) is 9.26. The standard InChI is InChI=1S/C31H30N6O2/c1-21(38)35-27-12-10-25(11-13-27)29-30(33-19-22-6-3-2-4-7-22)37-15-14-26(17-28(37)36-29)31(39)34-20-24-9-5-8-23(16-24)18-32/h2-17,33H,18-20,32H2,1H3,(H,34,39)(H,35,38). The molecule has 2 heterocycles. The SMILES string of the molecule is CC(=O)Nc1ccc(-c2nc3cc(C(=O)NCc4cccc(CN)c4)ccn3c2NCc2ccccc2)cc1. The van der Waals surface area contributed by atoms with Gasteiger partial charge in [0.15, 0.2) is 0 Å². The first-order valence-electron chi connectivity index (χ1n) is 12.7. The Labute approximate surface area is 226 Å². The highest BCUT2D eigenvalue weighted by molar-refractivity contribution is 5.95. The molecule has 8 nitrogen and oxygen atoms in total. The molecule has 0 atom stereocenters. The summed E-state index contributed by atoms with van der Waals surface area (Å²) in [6, 6.07) is 29.1. The number of nitrogens with one attached hydrogen (secondary N) is 3. The van der Waals surface area contributed by atoms with Crippen LogP contribution in [0.15, 0.2) is 97.2 Å². The van der Waals surface area contributed by atoms with E-state index in [2.05, 4.69) is 28.1 Å². The van der Waals surface area contributed by atoms with Crippen LogP contribution in [-0.4, -0.2) is 21.2 Å². The molecule has 196 valence electrons. The fourth-order valence-electron chi connectivity index (χ4n) is 4.40. The average molecular weight is 519 g/mol. The van der Waals surface area contributed by atoms with E-state index in [0.717, 1.165) is 33.8 Å². The summed E-state index contributed by atoms with van der Waals surface area (Å²) in [4.78, 5) is 29.3. The third kappa shape index (κ3) is 6.14. The lowest BCUT2D eigenvalue weighted by Crippen LogP contribution is -2.23. The summed E-state index contributed by atoms with van der Waals surface area (Å²) in [7, 11) is 0. The van der Waals surface area contributed by atoms with Crippen molar-refractivity contribution in [2.45, 2.75) is 26.6 Å². The topological polar surface area (TPSA) is 114 Å².